The van der Waals surface area contributed by atoms with Crippen LogP contribution in [-0.4, -0.2) is 70.2 Å². The van der Waals surface area contributed by atoms with Crippen molar-refractivity contribution in [2.45, 2.75) is 57.6 Å². The maximum atomic E-state index is 13.0. The zero-order valence-electron chi connectivity index (χ0n) is 20.4. The average Bonchev–Trinajstić information content (AvgIpc) is 2.75. The molecule has 3 heterocycles. The molecule has 2 aliphatic heterocycles. The molecule has 0 unspecified atom stereocenters. The second-order valence-electron chi connectivity index (χ2n) is 10.5. The number of carbonyl (C=O) groups is 1. The fourth-order valence-electron chi connectivity index (χ4n) is 5.91. The number of carbonyl (C=O) groups excluding carboxylic acids is 1. The largest absolute Gasteiger partial charge is 0.446 e. The summed E-state index contributed by atoms with van der Waals surface area (Å²) >= 11 is 0. The number of nitrogens with zero attached hydrogens (tertiary/aromatic N) is 5. The fourth-order valence-corrected chi connectivity index (χ4v) is 5.91. The Kier molecular flexibility index (Phi) is 6.22. The highest BCUT2D eigenvalue weighted by Gasteiger charge is 2.54. The Balaban J connectivity index is 1.11. The highest BCUT2D eigenvalue weighted by molar-refractivity contribution is 5.69. The number of aromatic nitrogens is 2. The van der Waals surface area contributed by atoms with Crippen molar-refractivity contribution in [1.29, 1.82) is 0 Å². The lowest BCUT2D eigenvalue weighted by molar-refractivity contribution is -0.138. The topological polar surface area (TPSA) is 87.8 Å². The van der Waals surface area contributed by atoms with Gasteiger partial charge in [-0.2, -0.15) is 18.2 Å². The lowest BCUT2D eigenvalue weighted by Gasteiger charge is -2.58. The average molecular weight is 505 g/mol. The van der Waals surface area contributed by atoms with Crippen molar-refractivity contribution in [3.63, 3.8) is 0 Å². The molecule has 1 aliphatic carbocycles. The summed E-state index contributed by atoms with van der Waals surface area (Å²) in [7, 11) is 0. The molecule has 8 nitrogen and oxygen atoms in total. The van der Waals surface area contributed by atoms with Crippen LogP contribution in [-0.2, 0) is 17.5 Å². The van der Waals surface area contributed by atoms with E-state index in [1.807, 2.05) is 19.9 Å². The summed E-state index contributed by atoms with van der Waals surface area (Å²) in [4.78, 5) is 26.6. The summed E-state index contributed by atoms with van der Waals surface area (Å²) in [5.41, 5.74) is 6.05. The molecule has 1 aromatic carbocycles. The minimum absolute atomic E-state index is 0.0770. The number of hydrogen-bond donors (Lipinski definition) is 1. The maximum absolute atomic E-state index is 13.0. The molecule has 1 spiro atoms. The van der Waals surface area contributed by atoms with E-state index in [1.165, 1.54) is 5.56 Å². The van der Waals surface area contributed by atoms with E-state index in [-0.39, 0.29) is 35.6 Å². The molecule has 5 rings (SSSR count). The van der Waals surface area contributed by atoms with Crippen LogP contribution < -0.4 is 10.6 Å². The molecule has 2 atom stereocenters. The molecule has 0 radical (unpaired) electrons. The molecule has 1 aromatic heterocycles. The summed E-state index contributed by atoms with van der Waals surface area (Å²) in [6.07, 6.45) is -2.56. The summed E-state index contributed by atoms with van der Waals surface area (Å²) in [5.74, 6) is -0.481. The van der Waals surface area contributed by atoms with Crippen LogP contribution in [0.4, 0.5) is 29.7 Å². The molecule has 36 heavy (non-hydrogen) atoms. The number of halogens is 3. The van der Waals surface area contributed by atoms with Gasteiger partial charge in [-0.3, -0.25) is 9.80 Å². The van der Waals surface area contributed by atoms with Crippen LogP contribution in [0.2, 0.25) is 0 Å². The quantitative estimate of drug-likeness (QED) is 0.678. The number of ether oxygens (including phenoxy) is 1. The molecule has 2 saturated heterocycles. The third-order valence-electron chi connectivity index (χ3n) is 7.48. The smallest absolute Gasteiger partial charge is 0.421 e. The molecule has 194 valence electrons. The van der Waals surface area contributed by atoms with Gasteiger partial charge in [0, 0.05) is 44.3 Å². The van der Waals surface area contributed by atoms with Crippen LogP contribution in [0.1, 0.15) is 37.8 Å². The van der Waals surface area contributed by atoms with Crippen molar-refractivity contribution < 1.29 is 22.7 Å². The molecule has 3 aliphatic rings. The predicted molar refractivity (Wildman–Crippen MR) is 128 cm³/mol. The zero-order valence-corrected chi connectivity index (χ0v) is 20.4. The van der Waals surface area contributed by atoms with E-state index >= 15 is 0 Å². The first-order valence-electron chi connectivity index (χ1n) is 12.2. The lowest BCUT2D eigenvalue weighted by Crippen LogP contribution is -2.65. The number of nitrogen functional groups attached to an aromatic ring is 1. The number of alkyl halides is 3. The van der Waals surface area contributed by atoms with Crippen LogP contribution >= 0.6 is 0 Å². The SMILES string of the molecule is C[C@@H]1CN(c2ncc(C(F)(F)F)c(N)n2)C[C@H](C)N1C(=O)OC1CC2(C1)CN(Cc1ccccc1)C2. The number of likely N-dealkylation sites (tertiary alicyclic amines) is 1. The van der Waals surface area contributed by atoms with Gasteiger partial charge >= 0.3 is 12.3 Å². The van der Waals surface area contributed by atoms with Crippen molar-refractivity contribution in [1.82, 2.24) is 19.8 Å². The summed E-state index contributed by atoms with van der Waals surface area (Å²) in [6.45, 7) is 7.50. The fraction of sp³-hybridized carbons (Fsp3) is 0.560. The highest BCUT2D eigenvalue weighted by atomic mass is 19.4. The van der Waals surface area contributed by atoms with Crippen LogP contribution in [0.15, 0.2) is 36.5 Å². The molecule has 1 amide bonds. The first-order chi connectivity index (χ1) is 17.0. The summed E-state index contributed by atoms with van der Waals surface area (Å²) in [5, 5.41) is 0. The monoisotopic (exact) mass is 504 g/mol. The highest BCUT2D eigenvalue weighted by Crippen LogP contribution is 2.50. The van der Waals surface area contributed by atoms with E-state index in [2.05, 4.69) is 39.1 Å². The molecule has 0 bridgehead atoms. The Morgan fingerprint density at radius 3 is 2.36 bits per heavy atom. The van der Waals surface area contributed by atoms with E-state index < -0.39 is 17.6 Å². The normalized spacial score (nSPS) is 24.4. The molecule has 2 N–H and O–H groups in total. The molecular weight excluding hydrogens is 473 g/mol. The number of hydrogen-bond acceptors (Lipinski definition) is 7. The van der Waals surface area contributed by atoms with E-state index in [4.69, 9.17) is 10.5 Å². The van der Waals surface area contributed by atoms with Crippen LogP contribution in [0.25, 0.3) is 0 Å². The zero-order chi connectivity index (χ0) is 25.7. The Morgan fingerprint density at radius 1 is 1.14 bits per heavy atom. The van der Waals surface area contributed by atoms with Gasteiger partial charge in [-0.1, -0.05) is 30.3 Å². The van der Waals surface area contributed by atoms with Gasteiger partial charge in [-0.05, 0) is 32.3 Å². The number of nitrogens with two attached hydrogens (primary N) is 1. The standard InChI is InChI=1S/C25H31F3N6O2/c1-16-11-33(22-30-10-20(21(29)31-22)25(26,27)28)12-17(2)34(16)23(35)36-19-8-24(9-19)14-32(15-24)13-18-6-4-3-5-7-18/h3-7,10,16-17,19H,8-9,11-15H2,1-2H3,(H2,29,30,31)/t16-,17+. The first-order valence-corrected chi connectivity index (χ1v) is 12.2. The summed E-state index contributed by atoms with van der Waals surface area (Å²) in [6, 6.07) is 9.94. The van der Waals surface area contributed by atoms with Gasteiger partial charge in [0.25, 0.3) is 0 Å². The van der Waals surface area contributed by atoms with E-state index in [1.54, 1.807) is 9.80 Å². The number of amides is 1. The molecule has 1 saturated carbocycles. The predicted octanol–water partition coefficient (Wildman–Crippen LogP) is 3.78. The lowest BCUT2D eigenvalue weighted by atomic mass is 9.61. The van der Waals surface area contributed by atoms with Crippen LogP contribution in [0.3, 0.4) is 0 Å². The molecule has 3 fully saturated rings. The van der Waals surface area contributed by atoms with Gasteiger partial charge in [-0.15, -0.1) is 0 Å². The molecular formula is C25H31F3N6O2. The Bertz CT molecular complexity index is 1090. The van der Waals surface area contributed by atoms with Gasteiger partial charge in [-0.25, -0.2) is 9.78 Å². The van der Waals surface area contributed by atoms with Crippen molar-refractivity contribution >= 4 is 17.9 Å². The first kappa shape index (κ1) is 24.6. The van der Waals surface area contributed by atoms with E-state index in [0.29, 0.717) is 19.3 Å². The van der Waals surface area contributed by atoms with Gasteiger partial charge in [0.15, 0.2) is 0 Å². The maximum Gasteiger partial charge on any atom is 0.421 e. The van der Waals surface area contributed by atoms with Crippen molar-refractivity contribution in [2.75, 3.05) is 36.8 Å². The van der Waals surface area contributed by atoms with E-state index in [9.17, 15) is 18.0 Å². The molecule has 11 heteroatoms. The number of rotatable bonds is 4. The van der Waals surface area contributed by atoms with Crippen LogP contribution in [0.5, 0.6) is 0 Å². The Hall–Kier alpha value is -3.08. The second kappa shape index (κ2) is 9.10. The Labute approximate surface area is 208 Å². The van der Waals surface area contributed by atoms with Crippen molar-refractivity contribution in [3.05, 3.63) is 47.7 Å². The van der Waals surface area contributed by atoms with Gasteiger partial charge in [0.1, 0.15) is 17.5 Å². The number of piperazine rings is 1. The number of anilines is 2. The van der Waals surface area contributed by atoms with E-state index in [0.717, 1.165) is 32.5 Å². The second-order valence-corrected chi connectivity index (χ2v) is 10.5. The van der Waals surface area contributed by atoms with Crippen molar-refractivity contribution in [3.8, 4) is 0 Å². The van der Waals surface area contributed by atoms with Gasteiger partial charge in [0.05, 0.1) is 12.1 Å². The minimum Gasteiger partial charge on any atom is -0.446 e. The molecule has 2 aromatic rings. The van der Waals surface area contributed by atoms with Crippen molar-refractivity contribution in [2.24, 2.45) is 5.41 Å². The third kappa shape index (κ3) is 4.80. The number of benzene rings is 1. The van der Waals surface area contributed by atoms with Gasteiger partial charge in [0.2, 0.25) is 5.95 Å². The Morgan fingerprint density at radius 2 is 1.78 bits per heavy atom. The summed E-state index contributed by atoms with van der Waals surface area (Å²) < 4.78 is 44.8. The minimum atomic E-state index is -4.61. The van der Waals surface area contributed by atoms with Gasteiger partial charge < -0.3 is 15.4 Å². The van der Waals surface area contributed by atoms with Crippen LogP contribution in [0, 0.1) is 5.41 Å². The third-order valence-corrected chi connectivity index (χ3v) is 7.48.